The lowest BCUT2D eigenvalue weighted by Crippen LogP contribution is -2.37. The van der Waals surface area contributed by atoms with Gasteiger partial charge in [-0.15, -0.1) is 0 Å². The molecule has 2 heterocycles. The highest BCUT2D eigenvalue weighted by Crippen LogP contribution is 2.22. The summed E-state index contributed by atoms with van der Waals surface area (Å²) in [5.74, 6) is -0.0238. The van der Waals surface area contributed by atoms with Crippen LogP contribution < -0.4 is 0 Å². The maximum atomic E-state index is 12.4. The molecule has 0 N–H and O–H groups in total. The molecular formula is C14H21N3O. The van der Waals surface area contributed by atoms with Gasteiger partial charge >= 0.3 is 0 Å². The maximum absolute atomic E-state index is 12.4. The topological polar surface area (TPSA) is 27.9 Å². The summed E-state index contributed by atoms with van der Waals surface area (Å²) in [6.45, 7) is 10.9. The van der Waals surface area contributed by atoms with Crippen LogP contribution in [0, 0.1) is 6.57 Å². The van der Waals surface area contributed by atoms with Gasteiger partial charge in [0, 0.05) is 26.2 Å². The molecule has 4 heteroatoms. The molecule has 0 aromatic rings. The third-order valence-corrected chi connectivity index (χ3v) is 3.88. The molecule has 0 aliphatic carbocycles. The van der Waals surface area contributed by atoms with Gasteiger partial charge in [0.25, 0.3) is 5.91 Å². The number of likely N-dealkylation sites (tertiary alicyclic amines) is 2. The quantitative estimate of drug-likeness (QED) is 0.523. The zero-order chi connectivity index (χ0) is 13.0. The van der Waals surface area contributed by atoms with Crippen molar-refractivity contribution in [1.82, 2.24) is 9.80 Å². The van der Waals surface area contributed by atoms with Gasteiger partial charge in [0.1, 0.15) is 0 Å². The van der Waals surface area contributed by atoms with Crippen LogP contribution in [0.25, 0.3) is 4.85 Å². The third-order valence-electron chi connectivity index (χ3n) is 3.88. The van der Waals surface area contributed by atoms with E-state index in [2.05, 4.69) is 16.8 Å². The lowest BCUT2D eigenvalue weighted by molar-refractivity contribution is -0.127. The highest BCUT2D eigenvalue weighted by Gasteiger charge is 2.25. The van der Waals surface area contributed by atoms with Crippen LogP contribution in [-0.2, 0) is 4.79 Å². The first-order chi connectivity index (χ1) is 8.72. The van der Waals surface area contributed by atoms with Crippen LogP contribution in [0.15, 0.2) is 11.3 Å². The van der Waals surface area contributed by atoms with E-state index in [1.54, 1.807) is 0 Å². The monoisotopic (exact) mass is 247 g/mol. The molecule has 0 bridgehead atoms. The fourth-order valence-corrected chi connectivity index (χ4v) is 2.65. The normalized spacial score (nSPS) is 21.6. The number of piperidine rings is 2. The molecule has 2 aliphatic heterocycles. The van der Waals surface area contributed by atoms with Crippen molar-refractivity contribution in [1.29, 1.82) is 0 Å². The first kappa shape index (κ1) is 13.1. The highest BCUT2D eigenvalue weighted by atomic mass is 16.2. The minimum atomic E-state index is -0.0238. The van der Waals surface area contributed by atoms with Gasteiger partial charge in [0.15, 0.2) is 0 Å². The second-order valence-electron chi connectivity index (χ2n) is 5.22. The Hall–Kier alpha value is -1.34. The zero-order valence-electron chi connectivity index (χ0n) is 11.1. The largest absolute Gasteiger partial charge is 0.348 e. The molecule has 2 aliphatic rings. The summed E-state index contributed by atoms with van der Waals surface area (Å²) >= 11 is 0. The average molecular weight is 247 g/mol. The minimum absolute atomic E-state index is 0.0238. The van der Waals surface area contributed by atoms with E-state index in [1.807, 2.05) is 4.90 Å². The Bertz CT molecular complexity index is 378. The van der Waals surface area contributed by atoms with Gasteiger partial charge in [0.2, 0.25) is 5.70 Å². The van der Waals surface area contributed by atoms with E-state index in [0.717, 1.165) is 57.4 Å². The van der Waals surface area contributed by atoms with Crippen molar-refractivity contribution >= 4 is 5.91 Å². The minimum Gasteiger partial charge on any atom is -0.348 e. The van der Waals surface area contributed by atoms with Crippen LogP contribution in [0.2, 0.25) is 0 Å². The van der Waals surface area contributed by atoms with E-state index in [-0.39, 0.29) is 5.91 Å². The summed E-state index contributed by atoms with van der Waals surface area (Å²) in [6.07, 6.45) is 5.10. The number of rotatable bonds is 1. The molecule has 98 valence electrons. The van der Waals surface area contributed by atoms with Gasteiger partial charge in [-0.25, -0.2) is 4.85 Å². The van der Waals surface area contributed by atoms with Crippen molar-refractivity contribution < 1.29 is 4.79 Å². The van der Waals surface area contributed by atoms with Crippen LogP contribution in [0.1, 0.15) is 32.1 Å². The molecule has 4 nitrogen and oxygen atoms in total. The standard InChI is InChI=1S/C14H21N3O/c1-15-13(12-6-10-16(2)11-7-12)14(18)17-8-4-3-5-9-17/h3-11H2,2H3. The van der Waals surface area contributed by atoms with E-state index in [0.29, 0.717) is 5.70 Å². The predicted octanol–water partition coefficient (Wildman–Crippen LogP) is 1.90. The molecule has 0 aromatic carbocycles. The van der Waals surface area contributed by atoms with E-state index in [4.69, 9.17) is 6.57 Å². The Balaban J connectivity index is 2.10. The lowest BCUT2D eigenvalue weighted by Gasteiger charge is -2.29. The first-order valence-corrected chi connectivity index (χ1v) is 6.79. The van der Waals surface area contributed by atoms with Crippen LogP contribution in [0.4, 0.5) is 0 Å². The molecule has 0 radical (unpaired) electrons. The van der Waals surface area contributed by atoms with Crippen molar-refractivity contribution in [2.24, 2.45) is 0 Å². The Morgan fingerprint density at radius 3 is 2.28 bits per heavy atom. The Kier molecular flexibility index (Phi) is 4.38. The van der Waals surface area contributed by atoms with Gasteiger partial charge in [-0.2, -0.15) is 0 Å². The molecule has 0 aromatic heterocycles. The molecule has 0 saturated carbocycles. The molecule has 2 fully saturated rings. The molecule has 1 amide bonds. The van der Waals surface area contributed by atoms with Crippen molar-refractivity contribution in [2.45, 2.75) is 32.1 Å². The summed E-state index contributed by atoms with van der Waals surface area (Å²) < 4.78 is 0. The van der Waals surface area contributed by atoms with Crippen molar-refractivity contribution in [3.05, 3.63) is 22.7 Å². The van der Waals surface area contributed by atoms with E-state index in [1.165, 1.54) is 6.42 Å². The highest BCUT2D eigenvalue weighted by molar-refractivity contribution is 5.96. The summed E-state index contributed by atoms with van der Waals surface area (Å²) in [6, 6.07) is 0. The predicted molar refractivity (Wildman–Crippen MR) is 70.8 cm³/mol. The SMILES string of the molecule is [C-]#[N+]C(C(=O)N1CCCCC1)=C1CCN(C)CC1. The molecule has 2 rings (SSSR count). The third kappa shape index (κ3) is 2.91. The second-order valence-corrected chi connectivity index (χ2v) is 5.22. The van der Waals surface area contributed by atoms with Gasteiger partial charge < -0.3 is 9.80 Å². The number of amides is 1. The number of carbonyl (C=O) groups is 1. The summed E-state index contributed by atoms with van der Waals surface area (Å²) in [5, 5.41) is 0. The number of carbonyl (C=O) groups excluding carboxylic acids is 1. The van der Waals surface area contributed by atoms with E-state index in [9.17, 15) is 4.79 Å². The Morgan fingerprint density at radius 2 is 1.72 bits per heavy atom. The van der Waals surface area contributed by atoms with Gasteiger partial charge in [-0.1, -0.05) is 5.57 Å². The smallest absolute Gasteiger partial charge is 0.252 e. The zero-order valence-corrected chi connectivity index (χ0v) is 11.1. The maximum Gasteiger partial charge on any atom is 0.252 e. The summed E-state index contributed by atoms with van der Waals surface area (Å²) in [7, 11) is 2.08. The number of hydrogen-bond acceptors (Lipinski definition) is 2. The Labute approximate surface area is 109 Å². The molecule has 0 spiro atoms. The summed E-state index contributed by atoms with van der Waals surface area (Å²) in [4.78, 5) is 20.0. The van der Waals surface area contributed by atoms with E-state index < -0.39 is 0 Å². The van der Waals surface area contributed by atoms with Gasteiger partial charge in [-0.05, 0) is 39.2 Å². The van der Waals surface area contributed by atoms with Crippen molar-refractivity contribution in [3.63, 3.8) is 0 Å². The fraction of sp³-hybridized carbons (Fsp3) is 0.714. The number of hydrogen-bond donors (Lipinski definition) is 0. The lowest BCUT2D eigenvalue weighted by atomic mass is 10.0. The Morgan fingerprint density at radius 1 is 1.11 bits per heavy atom. The molecule has 2 saturated heterocycles. The average Bonchev–Trinajstić information content (AvgIpc) is 2.42. The van der Waals surface area contributed by atoms with Crippen molar-refractivity contribution in [2.75, 3.05) is 33.2 Å². The second kappa shape index (κ2) is 6.01. The summed E-state index contributed by atoms with van der Waals surface area (Å²) in [5.41, 5.74) is 1.48. The molecule has 0 unspecified atom stereocenters. The van der Waals surface area contributed by atoms with Crippen LogP contribution >= 0.6 is 0 Å². The van der Waals surface area contributed by atoms with E-state index >= 15 is 0 Å². The van der Waals surface area contributed by atoms with Crippen LogP contribution in [0.3, 0.4) is 0 Å². The molecule has 0 atom stereocenters. The first-order valence-electron chi connectivity index (χ1n) is 6.79. The van der Waals surface area contributed by atoms with Crippen molar-refractivity contribution in [3.8, 4) is 0 Å². The molecular weight excluding hydrogens is 226 g/mol. The van der Waals surface area contributed by atoms with Crippen LogP contribution in [-0.4, -0.2) is 48.9 Å². The van der Waals surface area contributed by atoms with Gasteiger partial charge in [0.05, 0.1) is 6.57 Å². The fourth-order valence-electron chi connectivity index (χ4n) is 2.65. The molecule has 18 heavy (non-hydrogen) atoms. The van der Waals surface area contributed by atoms with Crippen LogP contribution in [0.5, 0.6) is 0 Å². The number of nitrogens with zero attached hydrogens (tertiary/aromatic N) is 3. The van der Waals surface area contributed by atoms with Gasteiger partial charge in [-0.3, -0.25) is 4.79 Å².